The Morgan fingerprint density at radius 2 is 1.33 bits per heavy atom. The van der Waals surface area contributed by atoms with Crippen molar-refractivity contribution in [2.45, 2.75) is 19.3 Å². The first-order valence-electron chi connectivity index (χ1n) is 8.01. The highest BCUT2D eigenvalue weighted by Crippen LogP contribution is 1.86. The first kappa shape index (κ1) is 22.4. The van der Waals surface area contributed by atoms with Gasteiger partial charge in [-0.05, 0) is 0 Å². The third kappa shape index (κ3) is 16.8. The highest BCUT2D eigenvalue weighted by atomic mass is 16.5. The highest BCUT2D eigenvalue weighted by Gasteiger charge is 2.01. The molecule has 9 nitrogen and oxygen atoms in total. The van der Waals surface area contributed by atoms with Gasteiger partial charge in [0, 0.05) is 32.4 Å². The molecule has 0 heterocycles. The number of hydrogen-bond acceptors (Lipinski definition) is 7. The SMILES string of the molecule is O=CCCC(=O)NCCOCCOCCC(=O)NCCOCCO. The summed E-state index contributed by atoms with van der Waals surface area (Å²) in [5.74, 6) is -0.295. The number of ether oxygens (including phenoxy) is 3. The fourth-order valence-corrected chi connectivity index (χ4v) is 1.55. The fraction of sp³-hybridized carbons (Fsp3) is 0.800. The van der Waals surface area contributed by atoms with Crippen molar-refractivity contribution >= 4 is 18.1 Å². The minimum atomic E-state index is -0.172. The molecule has 0 saturated heterocycles. The van der Waals surface area contributed by atoms with E-state index >= 15 is 0 Å². The molecule has 2 amide bonds. The van der Waals surface area contributed by atoms with E-state index in [1.165, 1.54) is 0 Å². The number of carbonyl (C=O) groups excluding carboxylic acids is 3. The molecular formula is C15H28N2O7. The maximum atomic E-state index is 11.4. The lowest BCUT2D eigenvalue weighted by Gasteiger charge is -2.08. The van der Waals surface area contributed by atoms with Crippen LogP contribution in [-0.4, -0.2) is 82.5 Å². The number of amides is 2. The van der Waals surface area contributed by atoms with Crippen LogP contribution in [-0.2, 0) is 28.6 Å². The topological polar surface area (TPSA) is 123 Å². The van der Waals surface area contributed by atoms with Crippen molar-refractivity contribution in [3.63, 3.8) is 0 Å². The summed E-state index contributed by atoms with van der Waals surface area (Å²) in [6.45, 7) is 2.80. The molecule has 0 fully saturated rings. The zero-order valence-electron chi connectivity index (χ0n) is 14.0. The van der Waals surface area contributed by atoms with Gasteiger partial charge in [-0.1, -0.05) is 0 Å². The average Bonchev–Trinajstić information content (AvgIpc) is 2.58. The second-order valence-corrected chi connectivity index (χ2v) is 4.72. The third-order valence-corrected chi connectivity index (χ3v) is 2.71. The Morgan fingerprint density at radius 3 is 1.92 bits per heavy atom. The molecular weight excluding hydrogens is 320 g/mol. The van der Waals surface area contributed by atoms with E-state index in [2.05, 4.69) is 10.6 Å². The molecule has 9 heteroatoms. The molecule has 0 aliphatic heterocycles. The highest BCUT2D eigenvalue weighted by molar-refractivity contribution is 5.78. The van der Waals surface area contributed by atoms with Crippen LogP contribution in [0.4, 0.5) is 0 Å². The Bertz CT molecular complexity index is 340. The van der Waals surface area contributed by atoms with Crippen LogP contribution in [0.15, 0.2) is 0 Å². The van der Waals surface area contributed by atoms with Gasteiger partial charge in [-0.25, -0.2) is 0 Å². The van der Waals surface area contributed by atoms with Gasteiger partial charge >= 0.3 is 0 Å². The van der Waals surface area contributed by atoms with Crippen molar-refractivity contribution < 1.29 is 33.7 Å². The van der Waals surface area contributed by atoms with E-state index in [1.807, 2.05) is 0 Å². The Hall–Kier alpha value is -1.55. The van der Waals surface area contributed by atoms with Crippen LogP contribution >= 0.6 is 0 Å². The summed E-state index contributed by atoms with van der Waals surface area (Å²) in [4.78, 5) is 32.6. The van der Waals surface area contributed by atoms with Crippen molar-refractivity contribution in [1.29, 1.82) is 0 Å². The molecule has 140 valence electrons. The summed E-state index contributed by atoms with van der Waals surface area (Å²) < 4.78 is 15.5. The Morgan fingerprint density at radius 1 is 0.792 bits per heavy atom. The number of hydrogen-bond donors (Lipinski definition) is 3. The van der Waals surface area contributed by atoms with Crippen molar-refractivity contribution in [1.82, 2.24) is 10.6 Å². The van der Waals surface area contributed by atoms with Crippen LogP contribution in [0.25, 0.3) is 0 Å². The molecule has 0 saturated carbocycles. The summed E-state index contributed by atoms with van der Waals surface area (Å²) >= 11 is 0. The van der Waals surface area contributed by atoms with Crippen molar-refractivity contribution in [2.75, 3.05) is 59.3 Å². The number of nitrogens with one attached hydrogen (secondary N) is 2. The lowest BCUT2D eigenvalue weighted by atomic mass is 10.3. The zero-order valence-corrected chi connectivity index (χ0v) is 14.0. The lowest BCUT2D eigenvalue weighted by molar-refractivity contribution is -0.123. The normalized spacial score (nSPS) is 10.4. The lowest BCUT2D eigenvalue weighted by Crippen LogP contribution is -2.28. The Balaban J connectivity index is 3.23. The first-order chi connectivity index (χ1) is 11.7. The molecule has 0 radical (unpaired) electrons. The summed E-state index contributed by atoms with van der Waals surface area (Å²) in [6.07, 6.45) is 1.39. The van der Waals surface area contributed by atoms with Gasteiger partial charge in [0.2, 0.25) is 11.8 Å². The fourth-order valence-electron chi connectivity index (χ4n) is 1.55. The molecule has 0 rings (SSSR count). The summed E-state index contributed by atoms with van der Waals surface area (Å²) in [7, 11) is 0. The third-order valence-electron chi connectivity index (χ3n) is 2.71. The number of aliphatic hydroxyl groups excluding tert-OH is 1. The predicted molar refractivity (Wildman–Crippen MR) is 85.5 cm³/mol. The van der Waals surface area contributed by atoms with Crippen LogP contribution in [0.5, 0.6) is 0 Å². The Labute approximate surface area is 142 Å². The van der Waals surface area contributed by atoms with Crippen LogP contribution in [0.1, 0.15) is 19.3 Å². The number of aliphatic hydroxyl groups is 1. The summed E-state index contributed by atoms with van der Waals surface area (Å²) in [5.41, 5.74) is 0. The number of aldehydes is 1. The van der Waals surface area contributed by atoms with Crippen molar-refractivity contribution in [3.8, 4) is 0 Å². The second kappa shape index (κ2) is 17.8. The number of carbonyl (C=O) groups is 3. The molecule has 0 aliphatic carbocycles. The minimum Gasteiger partial charge on any atom is -0.394 e. The minimum absolute atomic E-state index is 0.0314. The van der Waals surface area contributed by atoms with E-state index in [1.54, 1.807) is 0 Å². The van der Waals surface area contributed by atoms with Crippen molar-refractivity contribution in [3.05, 3.63) is 0 Å². The van der Waals surface area contributed by atoms with Gasteiger partial charge in [-0.2, -0.15) is 0 Å². The van der Waals surface area contributed by atoms with Crippen LogP contribution in [0, 0.1) is 0 Å². The van der Waals surface area contributed by atoms with Gasteiger partial charge in [-0.3, -0.25) is 9.59 Å². The van der Waals surface area contributed by atoms with Crippen LogP contribution in [0.3, 0.4) is 0 Å². The van der Waals surface area contributed by atoms with Gasteiger partial charge < -0.3 is 34.7 Å². The maximum Gasteiger partial charge on any atom is 0.222 e. The zero-order chi connectivity index (χ0) is 17.9. The van der Waals surface area contributed by atoms with Gasteiger partial charge in [0.05, 0.1) is 46.2 Å². The number of rotatable bonds is 17. The van der Waals surface area contributed by atoms with Crippen LogP contribution in [0.2, 0.25) is 0 Å². The standard InChI is InChI=1S/C15H28N2O7/c18-6-1-2-14(20)16-5-10-24-13-12-22-8-3-15(21)17-4-9-23-11-7-19/h6,19H,1-5,7-13H2,(H,16,20)(H,17,21). The smallest absolute Gasteiger partial charge is 0.222 e. The molecule has 0 aromatic heterocycles. The van der Waals surface area contributed by atoms with Gasteiger partial charge in [0.15, 0.2) is 0 Å². The maximum absolute atomic E-state index is 11.4. The quantitative estimate of drug-likeness (QED) is 0.219. The predicted octanol–water partition coefficient (Wildman–Crippen LogP) is -1.37. The van der Waals surface area contributed by atoms with Crippen LogP contribution < -0.4 is 10.6 Å². The molecule has 0 spiro atoms. The van der Waals surface area contributed by atoms with E-state index in [-0.39, 0.29) is 44.3 Å². The monoisotopic (exact) mass is 348 g/mol. The summed E-state index contributed by atoms with van der Waals surface area (Å²) in [5, 5.41) is 13.8. The molecule has 0 unspecified atom stereocenters. The van der Waals surface area contributed by atoms with Gasteiger partial charge in [-0.15, -0.1) is 0 Å². The first-order valence-corrected chi connectivity index (χ1v) is 8.01. The van der Waals surface area contributed by atoms with E-state index in [9.17, 15) is 14.4 Å². The van der Waals surface area contributed by atoms with E-state index in [4.69, 9.17) is 19.3 Å². The summed E-state index contributed by atoms with van der Waals surface area (Å²) in [6, 6.07) is 0. The molecule has 0 bridgehead atoms. The van der Waals surface area contributed by atoms with Crippen molar-refractivity contribution in [2.24, 2.45) is 0 Å². The van der Waals surface area contributed by atoms with Gasteiger partial charge in [0.25, 0.3) is 0 Å². The van der Waals surface area contributed by atoms with E-state index < -0.39 is 0 Å². The Kier molecular flexibility index (Phi) is 16.6. The van der Waals surface area contributed by atoms with E-state index in [0.717, 1.165) is 0 Å². The largest absolute Gasteiger partial charge is 0.394 e. The molecule has 0 atom stereocenters. The molecule has 3 N–H and O–H groups in total. The average molecular weight is 348 g/mol. The van der Waals surface area contributed by atoms with E-state index in [0.29, 0.717) is 52.4 Å². The van der Waals surface area contributed by atoms with Gasteiger partial charge in [0.1, 0.15) is 6.29 Å². The molecule has 24 heavy (non-hydrogen) atoms. The second-order valence-electron chi connectivity index (χ2n) is 4.72. The molecule has 0 aliphatic rings. The molecule has 0 aromatic rings. The molecule has 0 aromatic carbocycles.